The molecule has 1 N–H and O–H groups in total. The van der Waals surface area contributed by atoms with Gasteiger partial charge in [-0.3, -0.25) is 9.59 Å². The van der Waals surface area contributed by atoms with Crippen molar-refractivity contribution in [3.63, 3.8) is 0 Å². The van der Waals surface area contributed by atoms with Crippen molar-refractivity contribution in [2.24, 2.45) is 0 Å². The van der Waals surface area contributed by atoms with Gasteiger partial charge in [0.25, 0.3) is 5.91 Å². The van der Waals surface area contributed by atoms with Crippen LogP contribution in [0.25, 0.3) is 0 Å². The van der Waals surface area contributed by atoms with Crippen LogP contribution in [0.1, 0.15) is 12.5 Å². The van der Waals surface area contributed by atoms with E-state index in [1.165, 1.54) is 13.0 Å². The van der Waals surface area contributed by atoms with Crippen LogP contribution >= 0.6 is 23.2 Å². The van der Waals surface area contributed by atoms with E-state index in [4.69, 9.17) is 32.7 Å². The monoisotopic (exact) mass is 381 g/mol. The molecule has 132 valence electrons. The molecule has 0 heterocycles. The summed E-state index contributed by atoms with van der Waals surface area (Å²) in [6, 6.07) is 11.7. The van der Waals surface area contributed by atoms with Crippen molar-refractivity contribution in [2.75, 3.05) is 12.4 Å². The Kier molecular flexibility index (Phi) is 6.67. The summed E-state index contributed by atoms with van der Waals surface area (Å²) in [5.74, 6) is -0.285. The molecule has 0 radical (unpaired) electrons. The molecule has 2 rings (SSSR count). The van der Waals surface area contributed by atoms with E-state index < -0.39 is 18.0 Å². The molecule has 5 nitrogen and oxygen atoms in total. The summed E-state index contributed by atoms with van der Waals surface area (Å²) < 4.78 is 10.2. The van der Waals surface area contributed by atoms with Gasteiger partial charge in [0.05, 0.1) is 24.2 Å². The Morgan fingerprint density at radius 2 is 1.80 bits per heavy atom. The van der Waals surface area contributed by atoms with Crippen molar-refractivity contribution >= 4 is 40.8 Å². The zero-order valence-corrected chi connectivity index (χ0v) is 15.2. The normalized spacial score (nSPS) is 11.5. The van der Waals surface area contributed by atoms with E-state index in [1.807, 2.05) is 0 Å². The van der Waals surface area contributed by atoms with Crippen LogP contribution in [0, 0.1) is 0 Å². The van der Waals surface area contributed by atoms with E-state index in [-0.39, 0.29) is 6.42 Å². The van der Waals surface area contributed by atoms with Gasteiger partial charge < -0.3 is 14.8 Å². The Morgan fingerprint density at radius 1 is 1.12 bits per heavy atom. The maximum atomic E-state index is 12.1. The largest absolute Gasteiger partial charge is 0.497 e. The Hall–Kier alpha value is -2.24. The van der Waals surface area contributed by atoms with Crippen molar-refractivity contribution in [1.82, 2.24) is 0 Å². The molecule has 2 aromatic carbocycles. The summed E-state index contributed by atoms with van der Waals surface area (Å²) in [6.45, 7) is 1.49. The van der Waals surface area contributed by atoms with Gasteiger partial charge in [-0.2, -0.15) is 0 Å². The average molecular weight is 382 g/mol. The van der Waals surface area contributed by atoms with Crippen molar-refractivity contribution in [1.29, 1.82) is 0 Å². The maximum Gasteiger partial charge on any atom is 0.311 e. The average Bonchev–Trinajstić information content (AvgIpc) is 2.57. The smallest absolute Gasteiger partial charge is 0.311 e. The van der Waals surface area contributed by atoms with Gasteiger partial charge in [0, 0.05) is 5.02 Å². The highest BCUT2D eigenvalue weighted by Crippen LogP contribution is 2.25. The second-order valence-electron chi connectivity index (χ2n) is 5.27. The molecule has 0 aliphatic carbocycles. The van der Waals surface area contributed by atoms with Crippen LogP contribution < -0.4 is 10.1 Å². The molecule has 0 aliphatic rings. The fourth-order valence-electron chi connectivity index (χ4n) is 2.03. The molecule has 0 aromatic heterocycles. The van der Waals surface area contributed by atoms with E-state index in [9.17, 15) is 9.59 Å². The van der Waals surface area contributed by atoms with Crippen LogP contribution in [0.5, 0.6) is 5.75 Å². The third kappa shape index (κ3) is 5.66. The predicted molar refractivity (Wildman–Crippen MR) is 97.3 cm³/mol. The van der Waals surface area contributed by atoms with Gasteiger partial charge in [0.2, 0.25) is 0 Å². The fourth-order valence-corrected chi connectivity index (χ4v) is 2.48. The Bertz CT molecular complexity index is 762. The lowest BCUT2D eigenvalue weighted by Crippen LogP contribution is -2.30. The Labute approximate surface area is 155 Å². The van der Waals surface area contributed by atoms with Gasteiger partial charge in [-0.25, -0.2) is 0 Å². The van der Waals surface area contributed by atoms with Gasteiger partial charge >= 0.3 is 5.97 Å². The molecule has 0 bridgehead atoms. The minimum Gasteiger partial charge on any atom is -0.497 e. The van der Waals surface area contributed by atoms with Gasteiger partial charge in [-0.05, 0) is 42.8 Å². The Balaban J connectivity index is 1.89. The second-order valence-corrected chi connectivity index (χ2v) is 6.11. The number of carbonyl (C=O) groups is 2. The molecule has 0 spiro atoms. The first kappa shape index (κ1) is 19.1. The van der Waals surface area contributed by atoms with Crippen LogP contribution in [0.15, 0.2) is 42.5 Å². The number of hydrogen-bond donors (Lipinski definition) is 1. The first-order valence-corrected chi connectivity index (χ1v) is 8.23. The van der Waals surface area contributed by atoms with Crippen LogP contribution in [-0.2, 0) is 20.7 Å². The molecule has 0 fully saturated rings. The topological polar surface area (TPSA) is 64.6 Å². The molecule has 7 heteroatoms. The highest BCUT2D eigenvalue weighted by molar-refractivity contribution is 6.36. The number of esters is 1. The summed E-state index contributed by atoms with van der Waals surface area (Å²) in [5, 5.41) is 3.36. The molecule has 1 atom stereocenters. The molecule has 0 saturated heterocycles. The van der Waals surface area contributed by atoms with Crippen molar-refractivity contribution in [3.05, 3.63) is 58.1 Å². The number of anilines is 1. The van der Waals surface area contributed by atoms with E-state index in [0.717, 1.165) is 5.56 Å². The van der Waals surface area contributed by atoms with E-state index in [1.54, 1.807) is 43.5 Å². The van der Waals surface area contributed by atoms with E-state index in [2.05, 4.69) is 5.32 Å². The van der Waals surface area contributed by atoms with Crippen LogP contribution in [0.3, 0.4) is 0 Å². The third-order valence-electron chi connectivity index (χ3n) is 3.37. The second kappa shape index (κ2) is 8.74. The lowest BCUT2D eigenvalue weighted by molar-refractivity contribution is -0.152. The SMILES string of the molecule is COc1ccc(CC(=O)O[C@@H](C)C(=O)Nc2ccc(Cl)cc2Cl)cc1. The summed E-state index contributed by atoms with van der Waals surface area (Å²) in [7, 11) is 1.57. The number of rotatable bonds is 6. The molecule has 1 amide bonds. The van der Waals surface area contributed by atoms with Crippen molar-refractivity contribution in [2.45, 2.75) is 19.4 Å². The minimum atomic E-state index is -0.961. The first-order chi connectivity index (χ1) is 11.9. The first-order valence-electron chi connectivity index (χ1n) is 7.47. The highest BCUT2D eigenvalue weighted by Gasteiger charge is 2.19. The Morgan fingerprint density at radius 3 is 2.40 bits per heavy atom. The zero-order chi connectivity index (χ0) is 18.4. The lowest BCUT2D eigenvalue weighted by Gasteiger charge is -2.14. The van der Waals surface area contributed by atoms with Crippen molar-refractivity contribution < 1.29 is 19.1 Å². The van der Waals surface area contributed by atoms with Gasteiger partial charge in [0.15, 0.2) is 6.10 Å². The summed E-state index contributed by atoms with van der Waals surface area (Å²) >= 11 is 11.8. The maximum absolute atomic E-state index is 12.1. The summed E-state index contributed by atoms with van der Waals surface area (Å²) in [4.78, 5) is 24.1. The molecular weight excluding hydrogens is 365 g/mol. The number of carbonyl (C=O) groups excluding carboxylic acids is 2. The number of hydrogen-bond acceptors (Lipinski definition) is 4. The quantitative estimate of drug-likeness (QED) is 0.764. The number of ether oxygens (including phenoxy) is 2. The standard InChI is InChI=1S/C18H17Cl2NO4/c1-11(18(23)21-16-8-5-13(19)10-15(16)20)25-17(22)9-12-3-6-14(24-2)7-4-12/h3-8,10-11H,9H2,1-2H3,(H,21,23)/t11-/m0/s1. The molecule has 0 unspecified atom stereocenters. The summed E-state index contributed by atoms with van der Waals surface area (Å²) in [5.41, 5.74) is 1.16. The van der Waals surface area contributed by atoms with Gasteiger partial charge in [-0.15, -0.1) is 0 Å². The van der Waals surface area contributed by atoms with E-state index >= 15 is 0 Å². The number of benzene rings is 2. The molecular formula is C18H17Cl2NO4. The van der Waals surface area contributed by atoms with Crippen LogP contribution in [0.4, 0.5) is 5.69 Å². The summed E-state index contributed by atoms with van der Waals surface area (Å²) in [6.07, 6.45) is -0.902. The number of nitrogens with one attached hydrogen (secondary N) is 1. The van der Waals surface area contributed by atoms with Crippen molar-refractivity contribution in [3.8, 4) is 5.75 Å². The van der Waals surface area contributed by atoms with E-state index in [0.29, 0.717) is 21.5 Å². The third-order valence-corrected chi connectivity index (χ3v) is 3.92. The molecule has 0 saturated carbocycles. The fraction of sp³-hybridized carbons (Fsp3) is 0.222. The number of halogens is 2. The zero-order valence-electron chi connectivity index (χ0n) is 13.7. The minimum absolute atomic E-state index is 0.0588. The van der Waals surface area contributed by atoms with Crippen LogP contribution in [-0.4, -0.2) is 25.1 Å². The molecule has 25 heavy (non-hydrogen) atoms. The van der Waals surface area contributed by atoms with Gasteiger partial charge in [-0.1, -0.05) is 35.3 Å². The number of amides is 1. The highest BCUT2D eigenvalue weighted by atomic mass is 35.5. The van der Waals surface area contributed by atoms with Crippen LogP contribution in [0.2, 0.25) is 10.0 Å². The molecule has 2 aromatic rings. The predicted octanol–water partition coefficient (Wildman–Crippen LogP) is 4.11. The molecule has 0 aliphatic heterocycles. The van der Waals surface area contributed by atoms with Gasteiger partial charge in [0.1, 0.15) is 5.75 Å². The lowest BCUT2D eigenvalue weighted by atomic mass is 10.1. The number of methoxy groups -OCH3 is 1.